The second-order valence-corrected chi connectivity index (χ2v) is 4.51. The first-order valence-electron chi connectivity index (χ1n) is 4.86. The molecule has 0 aliphatic carbocycles. The standard InChI is InChI=1S/C12H8Cl2N2/c1-16-10-3-2-7(13)6-9(10)8-4-5-15-12(14)11(8)16/h2-6H,1H3. The quantitative estimate of drug-likeness (QED) is 0.551. The molecule has 3 rings (SSSR count). The molecule has 0 amide bonds. The van der Waals surface area contributed by atoms with Gasteiger partial charge in [-0.1, -0.05) is 23.2 Å². The fraction of sp³-hybridized carbons (Fsp3) is 0.0833. The Kier molecular flexibility index (Phi) is 2.09. The van der Waals surface area contributed by atoms with Gasteiger partial charge >= 0.3 is 0 Å². The van der Waals surface area contributed by atoms with E-state index in [0.717, 1.165) is 26.8 Å². The van der Waals surface area contributed by atoms with Crippen molar-refractivity contribution in [1.29, 1.82) is 0 Å². The molecule has 0 unspecified atom stereocenters. The lowest BCUT2D eigenvalue weighted by Gasteiger charge is -1.98. The number of hydrogen-bond acceptors (Lipinski definition) is 1. The van der Waals surface area contributed by atoms with Crippen LogP contribution >= 0.6 is 23.2 Å². The Labute approximate surface area is 102 Å². The van der Waals surface area contributed by atoms with Crippen molar-refractivity contribution in [2.45, 2.75) is 0 Å². The highest BCUT2D eigenvalue weighted by atomic mass is 35.5. The summed E-state index contributed by atoms with van der Waals surface area (Å²) in [6.07, 6.45) is 1.71. The maximum Gasteiger partial charge on any atom is 0.153 e. The number of fused-ring (bicyclic) bond motifs is 3. The highest BCUT2D eigenvalue weighted by Gasteiger charge is 2.11. The van der Waals surface area contributed by atoms with E-state index < -0.39 is 0 Å². The lowest BCUT2D eigenvalue weighted by atomic mass is 10.2. The summed E-state index contributed by atoms with van der Waals surface area (Å²) in [5.74, 6) is 0. The zero-order valence-electron chi connectivity index (χ0n) is 8.54. The van der Waals surface area contributed by atoms with Crippen LogP contribution in [0.15, 0.2) is 30.5 Å². The smallest absolute Gasteiger partial charge is 0.153 e. The number of halogens is 2. The lowest BCUT2D eigenvalue weighted by Crippen LogP contribution is -1.88. The van der Waals surface area contributed by atoms with E-state index in [1.54, 1.807) is 6.20 Å². The summed E-state index contributed by atoms with van der Waals surface area (Å²) in [4.78, 5) is 4.10. The predicted molar refractivity (Wildman–Crippen MR) is 68.2 cm³/mol. The van der Waals surface area contributed by atoms with E-state index in [1.165, 1.54) is 0 Å². The molecule has 0 spiro atoms. The van der Waals surface area contributed by atoms with E-state index in [9.17, 15) is 0 Å². The van der Waals surface area contributed by atoms with E-state index in [0.29, 0.717) is 5.15 Å². The first-order chi connectivity index (χ1) is 7.68. The number of benzene rings is 1. The average Bonchev–Trinajstić information content (AvgIpc) is 2.54. The molecular weight excluding hydrogens is 243 g/mol. The van der Waals surface area contributed by atoms with Crippen molar-refractivity contribution in [2.75, 3.05) is 0 Å². The van der Waals surface area contributed by atoms with Crippen LogP contribution in [0.3, 0.4) is 0 Å². The summed E-state index contributed by atoms with van der Waals surface area (Å²) in [5, 5.41) is 3.44. The van der Waals surface area contributed by atoms with Gasteiger partial charge in [-0.25, -0.2) is 4.98 Å². The molecule has 2 aromatic heterocycles. The molecule has 0 aliphatic rings. The molecule has 4 heteroatoms. The molecule has 80 valence electrons. The number of hydrogen-bond donors (Lipinski definition) is 0. The van der Waals surface area contributed by atoms with E-state index in [4.69, 9.17) is 23.2 Å². The van der Waals surface area contributed by atoms with Crippen LogP contribution in [0.2, 0.25) is 10.2 Å². The van der Waals surface area contributed by atoms with Gasteiger partial charge in [-0.05, 0) is 24.3 Å². The molecule has 16 heavy (non-hydrogen) atoms. The summed E-state index contributed by atoms with van der Waals surface area (Å²) >= 11 is 12.1. The maximum atomic E-state index is 6.11. The van der Waals surface area contributed by atoms with E-state index in [1.807, 2.05) is 35.9 Å². The van der Waals surface area contributed by atoms with Gasteiger partial charge in [0, 0.05) is 34.6 Å². The SMILES string of the molecule is Cn1c2ccc(Cl)cc2c2ccnc(Cl)c21. The molecule has 1 aromatic carbocycles. The first-order valence-corrected chi connectivity index (χ1v) is 5.62. The Balaban J connectivity index is 2.65. The normalized spacial score (nSPS) is 11.4. The third-order valence-corrected chi connectivity index (χ3v) is 3.34. The van der Waals surface area contributed by atoms with Gasteiger partial charge in [0.05, 0.1) is 5.52 Å². The summed E-state index contributed by atoms with van der Waals surface area (Å²) < 4.78 is 2.04. The van der Waals surface area contributed by atoms with Crippen LogP contribution in [-0.4, -0.2) is 9.55 Å². The third kappa shape index (κ3) is 1.24. The predicted octanol–water partition coefficient (Wildman–Crippen LogP) is 4.03. The maximum absolute atomic E-state index is 6.11. The summed E-state index contributed by atoms with van der Waals surface area (Å²) in [5.41, 5.74) is 2.05. The number of rotatable bonds is 0. The van der Waals surface area contributed by atoms with Gasteiger partial charge in [-0.3, -0.25) is 0 Å². The Hall–Kier alpha value is -1.25. The summed E-state index contributed by atoms with van der Waals surface area (Å²) in [6.45, 7) is 0. The highest BCUT2D eigenvalue weighted by Crippen LogP contribution is 2.32. The fourth-order valence-corrected chi connectivity index (χ4v) is 2.56. The van der Waals surface area contributed by atoms with Gasteiger partial charge in [0.1, 0.15) is 0 Å². The van der Waals surface area contributed by atoms with Crippen molar-refractivity contribution >= 4 is 45.0 Å². The van der Waals surface area contributed by atoms with Crippen molar-refractivity contribution in [3.63, 3.8) is 0 Å². The number of aryl methyl sites for hydroxylation is 1. The van der Waals surface area contributed by atoms with Crippen molar-refractivity contribution in [3.8, 4) is 0 Å². The lowest BCUT2D eigenvalue weighted by molar-refractivity contribution is 1.01. The zero-order chi connectivity index (χ0) is 11.3. The van der Waals surface area contributed by atoms with Crippen molar-refractivity contribution in [3.05, 3.63) is 40.6 Å². The average molecular weight is 251 g/mol. The number of pyridine rings is 1. The molecule has 0 N–H and O–H groups in total. The van der Waals surface area contributed by atoms with E-state index in [-0.39, 0.29) is 0 Å². The highest BCUT2D eigenvalue weighted by molar-refractivity contribution is 6.35. The van der Waals surface area contributed by atoms with E-state index in [2.05, 4.69) is 4.98 Å². The Bertz CT molecular complexity index is 701. The molecule has 0 bridgehead atoms. The van der Waals surface area contributed by atoms with Gasteiger partial charge in [0.2, 0.25) is 0 Å². The minimum absolute atomic E-state index is 0.521. The largest absolute Gasteiger partial charge is 0.341 e. The second kappa shape index (κ2) is 3.37. The van der Waals surface area contributed by atoms with Gasteiger partial charge in [-0.2, -0.15) is 0 Å². The van der Waals surface area contributed by atoms with Crippen LogP contribution in [0.4, 0.5) is 0 Å². The van der Waals surface area contributed by atoms with Crippen LogP contribution in [0, 0.1) is 0 Å². The van der Waals surface area contributed by atoms with Crippen LogP contribution in [0.5, 0.6) is 0 Å². The van der Waals surface area contributed by atoms with Gasteiger partial charge in [0.25, 0.3) is 0 Å². The first kappa shape index (κ1) is 9.94. The summed E-state index contributed by atoms with van der Waals surface area (Å²) in [7, 11) is 1.98. The monoisotopic (exact) mass is 250 g/mol. The minimum atomic E-state index is 0.521. The Morgan fingerprint density at radius 1 is 1.12 bits per heavy atom. The van der Waals surface area contributed by atoms with E-state index >= 15 is 0 Å². The van der Waals surface area contributed by atoms with Crippen molar-refractivity contribution < 1.29 is 0 Å². The molecule has 0 saturated heterocycles. The molecule has 3 aromatic rings. The van der Waals surface area contributed by atoms with Gasteiger partial charge < -0.3 is 4.57 Å². The molecule has 0 radical (unpaired) electrons. The molecule has 0 atom stereocenters. The number of nitrogens with zero attached hydrogens (tertiary/aromatic N) is 2. The van der Waals surface area contributed by atoms with Gasteiger partial charge in [0.15, 0.2) is 5.15 Å². The zero-order valence-corrected chi connectivity index (χ0v) is 10.0. The topological polar surface area (TPSA) is 17.8 Å². The summed E-state index contributed by atoms with van der Waals surface area (Å²) in [6, 6.07) is 7.79. The fourth-order valence-electron chi connectivity index (χ4n) is 2.10. The van der Waals surface area contributed by atoms with Crippen molar-refractivity contribution in [1.82, 2.24) is 9.55 Å². The van der Waals surface area contributed by atoms with Crippen LogP contribution < -0.4 is 0 Å². The van der Waals surface area contributed by atoms with Crippen LogP contribution in [0.25, 0.3) is 21.8 Å². The Morgan fingerprint density at radius 2 is 1.94 bits per heavy atom. The molecule has 0 saturated carbocycles. The molecular formula is C12H8Cl2N2. The molecule has 0 fully saturated rings. The molecule has 0 aliphatic heterocycles. The Morgan fingerprint density at radius 3 is 2.75 bits per heavy atom. The van der Waals surface area contributed by atoms with Crippen LogP contribution in [-0.2, 0) is 7.05 Å². The van der Waals surface area contributed by atoms with Gasteiger partial charge in [-0.15, -0.1) is 0 Å². The molecule has 2 nitrogen and oxygen atoms in total. The second-order valence-electron chi connectivity index (χ2n) is 3.72. The minimum Gasteiger partial charge on any atom is -0.341 e. The number of aromatic nitrogens is 2. The van der Waals surface area contributed by atoms with Crippen LogP contribution in [0.1, 0.15) is 0 Å². The third-order valence-electron chi connectivity index (χ3n) is 2.83. The molecule has 2 heterocycles. The van der Waals surface area contributed by atoms with Crippen molar-refractivity contribution in [2.24, 2.45) is 7.05 Å².